The predicted molar refractivity (Wildman–Crippen MR) is 63.6 cm³/mol. The lowest BCUT2D eigenvalue weighted by Crippen LogP contribution is -2.32. The van der Waals surface area contributed by atoms with E-state index >= 15 is 0 Å². The Hall–Kier alpha value is -2.24. The van der Waals surface area contributed by atoms with E-state index in [1.165, 1.54) is 17.0 Å². The fraction of sp³-hybridized carbons (Fsp3) is 0.333. The van der Waals surface area contributed by atoms with Gasteiger partial charge in [0, 0.05) is 19.2 Å². The average Bonchev–Trinajstić information content (AvgIpc) is 2.29. The number of carboxylic acid groups (broad SMARTS) is 1. The molecule has 1 rings (SSSR count). The predicted octanol–water partition coefficient (Wildman–Crippen LogP) is 1.03. The number of benzene rings is 1. The summed E-state index contributed by atoms with van der Waals surface area (Å²) in [6.45, 7) is 2.13. The van der Waals surface area contributed by atoms with Crippen LogP contribution in [0.4, 0.5) is 0 Å². The summed E-state index contributed by atoms with van der Waals surface area (Å²) in [6.07, 6.45) is -0.154. The molecule has 98 valence electrons. The summed E-state index contributed by atoms with van der Waals surface area (Å²) in [5, 5.41) is 27.3. The highest BCUT2D eigenvalue weighted by Crippen LogP contribution is 2.23. The van der Waals surface area contributed by atoms with E-state index in [9.17, 15) is 14.7 Å². The lowest BCUT2D eigenvalue weighted by atomic mass is 10.1. The Bertz CT molecular complexity index is 458. The third-order valence-corrected chi connectivity index (χ3v) is 2.48. The average molecular weight is 253 g/mol. The van der Waals surface area contributed by atoms with Gasteiger partial charge < -0.3 is 20.2 Å². The molecule has 0 saturated carbocycles. The lowest BCUT2D eigenvalue weighted by Gasteiger charge is -2.20. The molecule has 0 atom stereocenters. The highest BCUT2D eigenvalue weighted by molar-refractivity contribution is 5.97. The SMILES string of the molecule is CCN(CCC(=O)O)C(=O)c1ccc(O)cc1O. The van der Waals surface area contributed by atoms with Crippen molar-refractivity contribution in [2.45, 2.75) is 13.3 Å². The number of carboxylic acids is 1. The van der Waals surface area contributed by atoms with E-state index in [1.807, 2.05) is 0 Å². The first-order chi connectivity index (χ1) is 8.45. The molecule has 0 fully saturated rings. The number of aromatic hydroxyl groups is 2. The van der Waals surface area contributed by atoms with Gasteiger partial charge in [0.1, 0.15) is 11.5 Å². The van der Waals surface area contributed by atoms with E-state index in [0.29, 0.717) is 6.54 Å². The second-order valence-corrected chi connectivity index (χ2v) is 3.73. The van der Waals surface area contributed by atoms with Crippen molar-refractivity contribution in [2.24, 2.45) is 0 Å². The molecule has 0 bridgehead atoms. The summed E-state index contributed by atoms with van der Waals surface area (Å²) in [5.41, 5.74) is 0.0417. The van der Waals surface area contributed by atoms with Crippen LogP contribution < -0.4 is 0 Å². The highest BCUT2D eigenvalue weighted by atomic mass is 16.4. The molecule has 1 amide bonds. The second kappa shape index (κ2) is 5.90. The quantitative estimate of drug-likeness (QED) is 0.728. The largest absolute Gasteiger partial charge is 0.508 e. The number of hydrogen-bond acceptors (Lipinski definition) is 4. The molecular weight excluding hydrogens is 238 g/mol. The molecule has 0 aromatic heterocycles. The van der Waals surface area contributed by atoms with Crippen molar-refractivity contribution in [3.05, 3.63) is 23.8 Å². The zero-order valence-corrected chi connectivity index (χ0v) is 9.96. The number of phenols is 2. The number of amides is 1. The minimum absolute atomic E-state index is 0.0417. The third-order valence-electron chi connectivity index (χ3n) is 2.48. The summed E-state index contributed by atoms with van der Waals surface area (Å²) in [6, 6.07) is 3.66. The number of carbonyl (C=O) groups is 2. The van der Waals surface area contributed by atoms with Crippen LogP contribution >= 0.6 is 0 Å². The molecule has 6 nitrogen and oxygen atoms in total. The standard InChI is InChI=1S/C12H15NO5/c1-2-13(6-5-11(16)17)12(18)9-4-3-8(14)7-10(9)15/h3-4,7,14-15H,2,5-6H2,1H3,(H,16,17). The molecule has 18 heavy (non-hydrogen) atoms. The molecule has 3 N–H and O–H groups in total. The van der Waals surface area contributed by atoms with E-state index in [4.69, 9.17) is 10.2 Å². The van der Waals surface area contributed by atoms with Crippen molar-refractivity contribution in [1.82, 2.24) is 4.90 Å². The van der Waals surface area contributed by atoms with E-state index in [0.717, 1.165) is 6.07 Å². The molecule has 0 aliphatic rings. The summed E-state index contributed by atoms with van der Waals surface area (Å²) in [7, 11) is 0. The normalized spacial score (nSPS) is 10.1. The Kier molecular flexibility index (Phi) is 4.53. The molecular formula is C12H15NO5. The van der Waals surface area contributed by atoms with E-state index in [1.54, 1.807) is 6.92 Å². The maximum Gasteiger partial charge on any atom is 0.305 e. The minimum atomic E-state index is -0.990. The Labute approximate surface area is 104 Å². The monoisotopic (exact) mass is 253 g/mol. The van der Waals surface area contributed by atoms with Crippen LogP contribution in [0.3, 0.4) is 0 Å². The van der Waals surface area contributed by atoms with Crippen LogP contribution in [-0.2, 0) is 4.79 Å². The topological polar surface area (TPSA) is 98.1 Å². The van der Waals surface area contributed by atoms with Crippen molar-refractivity contribution in [3.8, 4) is 11.5 Å². The molecule has 6 heteroatoms. The molecule has 1 aromatic rings. The van der Waals surface area contributed by atoms with Crippen molar-refractivity contribution in [1.29, 1.82) is 0 Å². The third kappa shape index (κ3) is 3.38. The summed E-state index contributed by atoms with van der Waals surface area (Å²) in [4.78, 5) is 23.8. The van der Waals surface area contributed by atoms with Gasteiger partial charge in [-0.3, -0.25) is 9.59 Å². The van der Waals surface area contributed by atoms with Gasteiger partial charge in [-0.25, -0.2) is 0 Å². The Morgan fingerprint density at radius 2 is 1.94 bits per heavy atom. The Balaban J connectivity index is 2.86. The Morgan fingerprint density at radius 1 is 1.28 bits per heavy atom. The molecule has 0 unspecified atom stereocenters. The van der Waals surface area contributed by atoms with Gasteiger partial charge in [0.25, 0.3) is 5.91 Å². The van der Waals surface area contributed by atoms with Crippen molar-refractivity contribution in [2.75, 3.05) is 13.1 Å². The van der Waals surface area contributed by atoms with Crippen LogP contribution in [0.1, 0.15) is 23.7 Å². The molecule has 1 aromatic carbocycles. The molecule has 0 aliphatic heterocycles. The van der Waals surface area contributed by atoms with Gasteiger partial charge in [0.15, 0.2) is 0 Å². The van der Waals surface area contributed by atoms with Gasteiger partial charge in [-0.15, -0.1) is 0 Å². The van der Waals surface area contributed by atoms with Crippen LogP contribution in [0.25, 0.3) is 0 Å². The summed E-state index contributed by atoms with van der Waals surface area (Å²) < 4.78 is 0. The minimum Gasteiger partial charge on any atom is -0.508 e. The van der Waals surface area contributed by atoms with Gasteiger partial charge in [-0.2, -0.15) is 0 Å². The van der Waals surface area contributed by atoms with Gasteiger partial charge in [-0.05, 0) is 19.1 Å². The summed E-state index contributed by atoms with van der Waals surface area (Å²) in [5.74, 6) is -1.92. The number of nitrogens with zero attached hydrogens (tertiary/aromatic N) is 1. The zero-order valence-electron chi connectivity index (χ0n) is 9.96. The molecule has 0 saturated heterocycles. The maximum atomic E-state index is 12.0. The molecule has 0 spiro atoms. The van der Waals surface area contributed by atoms with Crippen LogP contribution in [-0.4, -0.2) is 45.2 Å². The van der Waals surface area contributed by atoms with E-state index < -0.39 is 11.9 Å². The number of rotatable bonds is 5. The fourth-order valence-electron chi connectivity index (χ4n) is 1.51. The second-order valence-electron chi connectivity index (χ2n) is 3.73. The van der Waals surface area contributed by atoms with Crippen molar-refractivity contribution >= 4 is 11.9 Å². The number of phenolic OH excluding ortho intramolecular Hbond substituents is 2. The smallest absolute Gasteiger partial charge is 0.305 e. The van der Waals surface area contributed by atoms with Crippen LogP contribution in [0.2, 0.25) is 0 Å². The van der Waals surface area contributed by atoms with Crippen LogP contribution in [0.15, 0.2) is 18.2 Å². The van der Waals surface area contributed by atoms with E-state index in [-0.39, 0.29) is 30.0 Å². The van der Waals surface area contributed by atoms with Crippen molar-refractivity contribution < 1.29 is 24.9 Å². The first kappa shape index (κ1) is 13.8. The van der Waals surface area contributed by atoms with Gasteiger partial charge >= 0.3 is 5.97 Å². The maximum absolute atomic E-state index is 12.0. The van der Waals surface area contributed by atoms with E-state index in [2.05, 4.69) is 0 Å². The van der Waals surface area contributed by atoms with Crippen molar-refractivity contribution in [3.63, 3.8) is 0 Å². The van der Waals surface area contributed by atoms with Gasteiger partial charge in [0.05, 0.1) is 12.0 Å². The number of aliphatic carboxylic acids is 1. The molecule has 0 radical (unpaired) electrons. The lowest BCUT2D eigenvalue weighted by molar-refractivity contribution is -0.137. The van der Waals surface area contributed by atoms with Gasteiger partial charge in [-0.1, -0.05) is 0 Å². The van der Waals surface area contributed by atoms with Gasteiger partial charge in [0.2, 0.25) is 0 Å². The summed E-state index contributed by atoms with van der Waals surface area (Å²) >= 11 is 0. The Morgan fingerprint density at radius 3 is 2.44 bits per heavy atom. The molecule has 0 aliphatic carbocycles. The fourth-order valence-corrected chi connectivity index (χ4v) is 1.51. The van der Waals surface area contributed by atoms with Crippen LogP contribution in [0.5, 0.6) is 11.5 Å². The molecule has 0 heterocycles. The number of carbonyl (C=O) groups excluding carboxylic acids is 1. The number of hydrogen-bond donors (Lipinski definition) is 3. The zero-order chi connectivity index (χ0) is 13.7. The highest BCUT2D eigenvalue weighted by Gasteiger charge is 2.18. The van der Waals surface area contributed by atoms with Crippen LogP contribution in [0, 0.1) is 0 Å². The first-order valence-electron chi connectivity index (χ1n) is 5.48. The first-order valence-corrected chi connectivity index (χ1v) is 5.48.